The Hall–Kier alpha value is -2.12. The lowest BCUT2D eigenvalue weighted by Crippen LogP contribution is -1.97. The van der Waals surface area contributed by atoms with Crippen molar-refractivity contribution in [2.24, 2.45) is 0 Å². The minimum Gasteiger partial charge on any atom is -0.481 e. The lowest BCUT2D eigenvalue weighted by Gasteiger charge is -2.00. The summed E-state index contributed by atoms with van der Waals surface area (Å²) in [7, 11) is 0. The smallest absolute Gasteiger partial charge is 0.313 e. The molecule has 2 N–H and O–H groups in total. The van der Waals surface area contributed by atoms with Crippen molar-refractivity contribution in [3.63, 3.8) is 0 Å². The molecule has 0 bridgehead atoms. The van der Waals surface area contributed by atoms with Gasteiger partial charge in [0.15, 0.2) is 5.82 Å². The number of benzene rings is 1. The fourth-order valence-corrected chi connectivity index (χ4v) is 3.07. The normalized spacial score (nSPS) is 10.0. The van der Waals surface area contributed by atoms with Crippen molar-refractivity contribution in [3.05, 3.63) is 41.8 Å². The van der Waals surface area contributed by atoms with E-state index >= 15 is 0 Å². The number of nitrogens with one attached hydrogen (secondary N) is 1. The molecular formula is C16H17N3O2S2. The summed E-state index contributed by atoms with van der Waals surface area (Å²) in [5.74, 6) is -0.292. The second kappa shape index (κ2) is 8.50. The molecule has 0 aliphatic carbocycles. The van der Waals surface area contributed by atoms with Crippen LogP contribution in [-0.2, 0) is 4.79 Å². The summed E-state index contributed by atoms with van der Waals surface area (Å²) in [5, 5.41) is 18.0. The molecule has 0 aliphatic rings. The highest BCUT2D eigenvalue weighted by Gasteiger charge is 2.09. The zero-order valence-corrected chi connectivity index (χ0v) is 14.4. The van der Waals surface area contributed by atoms with E-state index in [2.05, 4.69) is 21.2 Å². The largest absolute Gasteiger partial charge is 0.481 e. The number of rotatable bonds is 5. The highest BCUT2D eigenvalue weighted by molar-refractivity contribution is 7.99. The Bertz CT molecular complexity index is 754. The molecule has 2 heterocycles. The number of carboxylic acid groups (broad SMARTS) is 1. The summed E-state index contributed by atoms with van der Waals surface area (Å²) in [4.78, 5) is 16.0. The molecule has 0 atom stereocenters. The zero-order valence-electron chi connectivity index (χ0n) is 12.8. The van der Waals surface area contributed by atoms with Crippen molar-refractivity contribution in [1.82, 2.24) is 15.2 Å². The van der Waals surface area contributed by atoms with Crippen molar-refractivity contribution < 1.29 is 9.90 Å². The molecule has 1 aromatic carbocycles. The molecule has 0 radical (unpaired) electrons. The molecule has 0 fully saturated rings. The number of carbonyl (C=O) groups is 1. The monoisotopic (exact) mass is 347 g/mol. The maximum Gasteiger partial charge on any atom is 0.313 e. The first kappa shape index (κ1) is 17.2. The highest BCUT2D eigenvalue weighted by atomic mass is 32.2. The molecule has 0 saturated heterocycles. The molecule has 120 valence electrons. The third-order valence-electron chi connectivity index (χ3n) is 2.73. The van der Waals surface area contributed by atoms with Crippen molar-refractivity contribution in [3.8, 4) is 21.8 Å². The average Bonchev–Trinajstić information content (AvgIpc) is 3.27. The maximum atomic E-state index is 10.5. The van der Waals surface area contributed by atoms with Crippen LogP contribution in [0.15, 0.2) is 46.9 Å². The van der Waals surface area contributed by atoms with E-state index < -0.39 is 5.97 Å². The molecule has 0 aliphatic heterocycles. The summed E-state index contributed by atoms with van der Waals surface area (Å²) in [6.45, 7) is 4.00. The molecule has 7 heteroatoms. The van der Waals surface area contributed by atoms with E-state index in [9.17, 15) is 4.79 Å². The van der Waals surface area contributed by atoms with Gasteiger partial charge in [0.2, 0.25) is 5.16 Å². The molecule has 0 spiro atoms. The molecule has 0 saturated carbocycles. The summed E-state index contributed by atoms with van der Waals surface area (Å²) < 4.78 is 0. The Morgan fingerprint density at radius 3 is 2.74 bits per heavy atom. The van der Waals surface area contributed by atoms with Crippen LogP contribution in [-0.4, -0.2) is 32.0 Å². The fraction of sp³-hybridized carbons (Fsp3) is 0.188. The number of nitrogens with zero attached hydrogens (tertiary/aromatic N) is 2. The van der Waals surface area contributed by atoms with Crippen molar-refractivity contribution >= 4 is 29.1 Å². The Labute approximate surface area is 142 Å². The van der Waals surface area contributed by atoms with Crippen LogP contribution in [0.25, 0.3) is 21.8 Å². The Kier molecular flexibility index (Phi) is 6.37. The van der Waals surface area contributed by atoms with Gasteiger partial charge in [-0.25, -0.2) is 4.98 Å². The van der Waals surface area contributed by atoms with Crippen LogP contribution < -0.4 is 0 Å². The van der Waals surface area contributed by atoms with Crippen LogP contribution in [0.5, 0.6) is 0 Å². The Balaban J connectivity index is 0.000000924. The molecule has 23 heavy (non-hydrogen) atoms. The predicted molar refractivity (Wildman–Crippen MR) is 94.8 cm³/mol. The molecule has 5 nitrogen and oxygen atoms in total. The van der Waals surface area contributed by atoms with Crippen LogP contribution in [0.3, 0.4) is 0 Å². The van der Waals surface area contributed by atoms with Gasteiger partial charge in [-0.05, 0) is 23.1 Å². The maximum absolute atomic E-state index is 10.5. The predicted octanol–water partition coefficient (Wildman–Crippen LogP) is 4.40. The van der Waals surface area contributed by atoms with Crippen LogP contribution >= 0.6 is 23.1 Å². The molecule has 0 amide bonds. The minimum absolute atomic E-state index is 0.0491. The van der Waals surface area contributed by atoms with Crippen LogP contribution in [0.2, 0.25) is 0 Å². The zero-order chi connectivity index (χ0) is 16.7. The average molecular weight is 347 g/mol. The molecule has 3 aromatic rings. The van der Waals surface area contributed by atoms with Gasteiger partial charge in [0.25, 0.3) is 0 Å². The molecular weight excluding hydrogens is 330 g/mol. The molecule has 0 unspecified atom stereocenters. The van der Waals surface area contributed by atoms with E-state index in [0.717, 1.165) is 22.9 Å². The number of aromatic amines is 1. The van der Waals surface area contributed by atoms with Gasteiger partial charge in [-0.2, -0.15) is 0 Å². The number of aliphatic carboxylic acids is 1. The summed E-state index contributed by atoms with van der Waals surface area (Å²) in [6, 6.07) is 12.1. The SMILES string of the molecule is CC.O=C(O)CSc1n[nH]c(-c2cccc(-c3cccs3)c2)n1. The van der Waals surface area contributed by atoms with Gasteiger partial charge in [-0.1, -0.05) is 49.9 Å². The van der Waals surface area contributed by atoms with Crippen molar-refractivity contribution in [2.75, 3.05) is 5.75 Å². The Morgan fingerprint density at radius 2 is 2.04 bits per heavy atom. The number of hydrogen-bond donors (Lipinski definition) is 2. The van der Waals surface area contributed by atoms with E-state index in [0.29, 0.717) is 11.0 Å². The molecule has 2 aromatic heterocycles. The third-order valence-corrected chi connectivity index (χ3v) is 4.48. The van der Waals surface area contributed by atoms with E-state index in [-0.39, 0.29) is 5.75 Å². The first-order valence-electron chi connectivity index (χ1n) is 7.14. The van der Waals surface area contributed by atoms with E-state index in [4.69, 9.17) is 5.11 Å². The highest BCUT2D eigenvalue weighted by Crippen LogP contribution is 2.28. The van der Waals surface area contributed by atoms with Crippen LogP contribution in [0.1, 0.15) is 13.8 Å². The first-order valence-corrected chi connectivity index (χ1v) is 9.00. The number of carboxylic acids is 1. The Morgan fingerprint density at radius 1 is 1.26 bits per heavy atom. The van der Waals surface area contributed by atoms with E-state index in [1.165, 1.54) is 4.88 Å². The van der Waals surface area contributed by atoms with Crippen molar-refractivity contribution in [2.45, 2.75) is 19.0 Å². The van der Waals surface area contributed by atoms with Gasteiger partial charge in [-0.3, -0.25) is 9.89 Å². The first-order chi connectivity index (χ1) is 11.2. The lowest BCUT2D eigenvalue weighted by molar-refractivity contribution is -0.133. The number of thiophene rings is 1. The standard InChI is InChI=1S/C14H11N3O2S2.C2H6/c18-12(19)8-21-14-15-13(16-17-14)10-4-1-3-9(7-10)11-5-2-6-20-11;1-2/h1-7H,8H2,(H,18,19)(H,15,16,17);1-2H3. The summed E-state index contributed by atoms with van der Waals surface area (Å²) in [6.07, 6.45) is 0. The number of hydrogen-bond acceptors (Lipinski definition) is 5. The van der Waals surface area contributed by atoms with Gasteiger partial charge in [0.1, 0.15) is 0 Å². The van der Waals surface area contributed by atoms with E-state index in [1.54, 1.807) is 11.3 Å². The van der Waals surface area contributed by atoms with Gasteiger partial charge >= 0.3 is 5.97 Å². The number of thioether (sulfide) groups is 1. The second-order valence-corrected chi connectivity index (χ2v) is 6.10. The van der Waals surface area contributed by atoms with Gasteiger partial charge in [0, 0.05) is 10.4 Å². The summed E-state index contributed by atoms with van der Waals surface area (Å²) >= 11 is 2.78. The molecule has 3 rings (SSSR count). The van der Waals surface area contributed by atoms with E-state index in [1.807, 2.05) is 49.6 Å². The topological polar surface area (TPSA) is 78.9 Å². The third kappa shape index (κ3) is 4.67. The second-order valence-electron chi connectivity index (χ2n) is 4.21. The van der Waals surface area contributed by atoms with Gasteiger partial charge in [0.05, 0.1) is 5.75 Å². The van der Waals surface area contributed by atoms with Gasteiger partial charge in [-0.15, -0.1) is 16.4 Å². The number of aromatic nitrogens is 3. The summed E-state index contributed by atoms with van der Waals surface area (Å²) in [5.41, 5.74) is 2.05. The van der Waals surface area contributed by atoms with Gasteiger partial charge < -0.3 is 5.11 Å². The minimum atomic E-state index is -0.883. The quantitative estimate of drug-likeness (QED) is 0.669. The van der Waals surface area contributed by atoms with Crippen molar-refractivity contribution in [1.29, 1.82) is 0 Å². The lowest BCUT2D eigenvalue weighted by atomic mass is 10.1. The van der Waals surface area contributed by atoms with Crippen LogP contribution in [0, 0.1) is 0 Å². The number of H-pyrrole nitrogens is 1. The fourth-order valence-electron chi connectivity index (χ4n) is 1.83. The van der Waals surface area contributed by atoms with Crippen LogP contribution in [0.4, 0.5) is 0 Å².